The number of pyridine rings is 1. The van der Waals surface area contributed by atoms with E-state index in [4.69, 9.17) is 27.2 Å². The first-order valence-electron chi connectivity index (χ1n) is 5.06. The monoisotopic (exact) mass is 250 g/mol. The number of nitriles is 2. The smallest absolute Gasteiger partial charge is 0.149 e. The molecule has 0 amide bonds. The maximum atomic E-state index is 9.10. The van der Waals surface area contributed by atoms with Gasteiger partial charge in [-0.15, -0.1) is 0 Å². The Bertz CT molecular complexity index is 502. The average Bonchev–Trinajstić information content (AvgIpc) is 2.35. The minimum atomic E-state index is -0.0778. The van der Waals surface area contributed by atoms with Crippen molar-refractivity contribution in [2.24, 2.45) is 0 Å². The minimum Gasteiger partial charge on any atom is -0.395 e. The zero-order valence-electron chi connectivity index (χ0n) is 9.29. The van der Waals surface area contributed by atoms with Gasteiger partial charge in [-0.05, 0) is 12.0 Å². The molecule has 0 bridgehead atoms. The summed E-state index contributed by atoms with van der Waals surface area (Å²) in [6.45, 7) is 2.03. The predicted octanol–water partition coefficient (Wildman–Crippen LogP) is 1.44. The molecule has 0 spiro atoms. The fourth-order valence-electron chi connectivity index (χ4n) is 1.49. The van der Waals surface area contributed by atoms with Crippen LogP contribution in [0.5, 0.6) is 0 Å². The quantitative estimate of drug-likeness (QED) is 0.789. The SMILES string of the molecule is CCc1c(C#N)c(Cl)nc(NCCO)c1C#N. The number of aliphatic hydroxyl groups is 1. The Morgan fingerprint density at radius 2 is 2.00 bits per heavy atom. The van der Waals surface area contributed by atoms with Crippen LogP contribution in [0, 0.1) is 22.7 Å². The van der Waals surface area contributed by atoms with E-state index in [2.05, 4.69) is 10.3 Å². The molecule has 0 saturated carbocycles. The van der Waals surface area contributed by atoms with Crippen LogP contribution in [0.2, 0.25) is 5.15 Å². The molecule has 0 unspecified atom stereocenters. The van der Waals surface area contributed by atoms with E-state index in [9.17, 15) is 0 Å². The third kappa shape index (κ3) is 2.65. The van der Waals surface area contributed by atoms with Gasteiger partial charge in [0.15, 0.2) is 0 Å². The molecule has 0 aliphatic heterocycles. The molecule has 0 saturated heterocycles. The van der Waals surface area contributed by atoms with Crippen LogP contribution in [-0.4, -0.2) is 23.2 Å². The summed E-state index contributed by atoms with van der Waals surface area (Å²) in [5.41, 5.74) is 1.12. The van der Waals surface area contributed by atoms with E-state index in [0.29, 0.717) is 23.4 Å². The fourth-order valence-corrected chi connectivity index (χ4v) is 1.73. The van der Waals surface area contributed by atoms with E-state index in [1.54, 1.807) is 0 Å². The Kier molecular flexibility index (Phi) is 4.71. The number of aliphatic hydroxyl groups excluding tert-OH is 1. The van der Waals surface area contributed by atoms with Gasteiger partial charge < -0.3 is 10.4 Å². The molecule has 0 radical (unpaired) electrons. The number of nitrogens with one attached hydrogen (secondary N) is 1. The Balaban J connectivity index is 3.40. The van der Waals surface area contributed by atoms with Gasteiger partial charge in [0.1, 0.15) is 23.1 Å². The molecule has 0 aromatic carbocycles. The van der Waals surface area contributed by atoms with Crippen LogP contribution < -0.4 is 5.32 Å². The molecule has 1 aromatic rings. The van der Waals surface area contributed by atoms with Crippen molar-refractivity contribution in [3.05, 3.63) is 21.8 Å². The van der Waals surface area contributed by atoms with Crippen molar-refractivity contribution < 1.29 is 5.11 Å². The molecule has 1 rings (SSSR count). The van der Waals surface area contributed by atoms with E-state index < -0.39 is 0 Å². The molecule has 5 nitrogen and oxygen atoms in total. The number of hydrogen-bond acceptors (Lipinski definition) is 5. The second-order valence-electron chi connectivity index (χ2n) is 3.21. The normalized spacial score (nSPS) is 9.47. The first-order chi connectivity index (χ1) is 8.19. The van der Waals surface area contributed by atoms with Crippen molar-refractivity contribution in [1.82, 2.24) is 4.98 Å². The summed E-state index contributed by atoms with van der Waals surface area (Å²) in [5.74, 6) is 0.308. The van der Waals surface area contributed by atoms with Crippen molar-refractivity contribution in [2.75, 3.05) is 18.5 Å². The molecule has 0 fully saturated rings. The zero-order valence-corrected chi connectivity index (χ0v) is 10.0. The first kappa shape index (κ1) is 13.2. The molecule has 6 heteroatoms. The Labute approximate surface area is 104 Å². The molecule has 17 heavy (non-hydrogen) atoms. The van der Waals surface area contributed by atoms with Crippen LogP contribution >= 0.6 is 11.6 Å². The highest BCUT2D eigenvalue weighted by molar-refractivity contribution is 6.30. The van der Waals surface area contributed by atoms with E-state index in [-0.39, 0.29) is 23.9 Å². The van der Waals surface area contributed by atoms with Gasteiger partial charge in [-0.2, -0.15) is 10.5 Å². The summed E-state index contributed by atoms with van der Waals surface area (Å²) >= 11 is 5.88. The molecule has 0 aliphatic rings. The molecule has 0 aliphatic carbocycles. The number of halogens is 1. The highest BCUT2D eigenvalue weighted by Gasteiger charge is 2.17. The van der Waals surface area contributed by atoms with E-state index in [0.717, 1.165) is 0 Å². The first-order valence-corrected chi connectivity index (χ1v) is 5.44. The summed E-state index contributed by atoms with van der Waals surface area (Å²) in [6, 6.07) is 3.96. The summed E-state index contributed by atoms with van der Waals surface area (Å²) in [4.78, 5) is 3.96. The van der Waals surface area contributed by atoms with E-state index >= 15 is 0 Å². The fraction of sp³-hybridized carbons (Fsp3) is 0.364. The number of hydrogen-bond donors (Lipinski definition) is 2. The standard InChI is InChI=1S/C11H11ClN4O/c1-2-7-8(5-13)10(12)16-11(9(7)6-14)15-3-4-17/h17H,2-4H2,1H3,(H,15,16). The lowest BCUT2D eigenvalue weighted by Gasteiger charge is -2.11. The van der Waals surface area contributed by atoms with Gasteiger partial charge in [0.05, 0.1) is 17.7 Å². The van der Waals surface area contributed by atoms with Crippen LogP contribution in [0.4, 0.5) is 5.82 Å². The number of rotatable bonds is 4. The summed E-state index contributed by atoms with van der Waals surface area (Å²) in [6.07, 6.45) is 0.516. The topological polar surface area (TPSA) is 92.7 Å². The maximum absolute atomic E-state index is 9.10. The minimum absolute atomic E-state index is 0.0730. The maximum Gasteiger partial charge on any atom is 0.149 e. The van der Waals surface area contributed by atoms with Crippen LogP contribution in [0.15, 0.2) is 0 Å². The van der Waals surface area contributed by atoms with Crippen LogP contribution in [-0.2, 0) is 6.42 Å². The molecule has 0 atom stereocenters. The average molecular weight is 251 g/mol. The summed E-state index contributed by atoms with van der Waals surface area (Å²) < 4.78 is 0. The van der Waals surface area contributed by atoms with Gasteiger partial charge in [-0.1, -0.05) is 18.5 Å². The van der Waals surface area contributed by atoms with Gasteiger partial charge in [-0.25, -0.2) is 4.98 Å². The van der Waals surface area contributed by atoms with Crippen molar-refractivity contribution in [3.63, 3.8) is 0 Å². The number of aromatic nitrogens is 1. The Morgan fingerprint density at radius 1 is 1.35 bits per heavy atom. The zero-order chi connectivity index (χ0) is 12.8. The van der Waals surface area contributed by atoms with Crippen LogP contribution in [0.1, 0.15) is 23.6 Å². The molecular formula is C11H11ClN4O. The van der Waals surface area contributed by atoms with Gasteiger partial charge >= 0.3 is 0 Å². The molecular weight excluding hydrogens is 240 g/mol. The summed E-state index contributed by atoms with van der Waals surface area (Å²) in [7, 11) is 0. The Hall–Kier alpha value is -1.82. The van der Waals surface area contributed by atoms with Crippen molar-refractivity contribution in [1.29, 1.82) is 10.5 Å². The lowest BCUT2D eigenvalue weighted by molar-refractivity contribution is 0.311. The Morgan fingerprint density at radius 3 is 2.47 bits per heavy atom. The molecule has 1 aromatic heterocycles. The summed E-state index contributed by atoms with van der Waals surface area (Å²) in [5, 5.41) is 29.7. The second kappa shape index (κ2) is 6.05. The largest absolute Gasteiger partial charge is 0.395 e. The van der Waals surface area contributed by atoms with Crippen LogP contribution in [0.3, 0.4) is 0 Å². The van der Waals surface area contributed by atoms with Crippen LogP contribution in [0.25, 0.3) is 0 Å². The highest BCUT2D eigenvalue weighted by atomic mass is 35.5. The van der Waals surface area contributed by atoms with Crippen molar-refractivity contribution >= 4 is 17.4 Å². The van der Waals surface area contributed by atoms with Gasteiger partial charge in [0.25, 0.3) is 0 Å². The van der Waals surface area contributed by atoms with Crippen molar-refractivity contribution in [2.45, 2.75) is 13.3 Å². The number of nitrogens with zero attached hydrogens (tertiary/aromatic N) is 3. The number of anilines is 1. The lowest BCUT2D eigenvalue weighted by Crippen LogP contribution is -2.11. The highest BCUT2D eigenvalue weighted by Crippen LogP contribution is 2.26. The molecule has 1 heterocycles. The lowest BCUT2D eigenvalue weighted by atomic mass is 10.0. The molecule has 2 N–H and O–H groups in total. The van der Waals surface area contributed by atoms with E-state index in [1.165, 1.54) is 0 Å². The predicted molar refractivity (Wildman–Crippen MR) is 63.6 cm³/mol. The van der Waals surface area contributed by atoms with Gasteiger partial charge in [0, 0.05) is 6.54 Å². The van der Waals surface area contributed by atoms with Crippen molar-refractivity contribution in [3.8, 4) is 12.1 Å². The third-order valence-electron chi connectivity index (χ3n) is 2.24. The third-order valence-corrected chi connectivity index (χ3v) is 2.51. The second-order valence-corrected chi connectivity index (χ2v) is 3.57. The van der Waals surface area contributed by atoms with E-state index in [1.807, 2.05) is 19.1 Å². The molecule has 88 valence electrons. The van der Waals surface area contributed by atoms with Gasteiger partial charge in [0.2, 0.25) is 0 Å². The van der Waals surface area contributed by atoms with Gasteiger partial charge in [-0.3, -0.25) is 0 Å².